The first kappa shape index (κ1) is 24.8. The zero-order chi connectivity index (χ0) is 23.1. The average Bonchev–Trinajstić information content (AvgIpc) is 2.83. The van der Waals surface area contributed by atoms with Crippen LogP contribution in [-0.2, 0) is 25.7 Å². The quantitative estimate of drug-likeness (QED) is 0.679. The largest absolute Gasteiger partial charge is 0.370 e. The standard InChI is InChI=1S/C23H34FN3O4/c1-15(2)10-26-11-19(31-14-18-8-6-7-9-20(18)24)12-27(13-21(26)29)23(30)22(16(3)4)25-17(5)28/h6-9,15-16,19,22H,10-14H2,1-5H3,(H,25,28). The maximum absolute atomic E-state index is 14.0. The van der Waals surface area contributed by atoms with Gasteiger partial charge in [0.2, 0.25) is 17.7 Å². The molecular formula is C23H34FN3O4. The van der Waals surface area contributed by atoms with Gasteiger partial charge >= 0.3 is 0 Å². The maximum atomic E-state index is 14.0. The molecule has 1 saturated heterocycles. The molecule has 31 heavy (non-hydrogen) atoms. The molecule has 1 aromatic rings. The highest BCUT2D eigenvalue weighted by Gasteiger charge is 2.35. The average molecular weight is 436 g/mol. The second-order valence-electron chi connectivity index (χ2n) is 8.86. The summed E-state index contributed by atoms with van der Waals surface area (Å²) in [5, 5.41) is 2.69. The van der Waals surface area contributed by atoms with Crippen LogP contribution < -0.4 is 5.32 Å². The first-order valence-corrected chi connectivity index (χ1v) is 10.8. The number of ether oxygens (including phenoxy) is 1. The number of hydrogen-bond acceptors (Lipinski definition) is 4. The van der Waals surface area contributed by atoms with Gasteiger partial charge in [0.25, 0.3) is 0 Å². The van der Waals surface area contributed by atoms with Gasteiger partial charge in [-0.2, -0.15) is 0 Å². The Morgan fingerprint density at radius 2 is 1.87 bits per heavy atom. The summed E-state index contributed by atoms with van der Waals surface area (Å²) in [6, 6.07) is 5.64. The molecule has 2 unspecified atom stereocenters. The summed E-state index contributed by atoms with van der Waals surface area (Å²) in [6.07, 6.45) is -0.473. The Morgan fingerprint density at radius 1 is 1.19 bits per heavy atom. The number of nitrogens with one attached hydrogen (secondary N) is 1. The molecule has 1 heterocycles. The number of carbonyl (C=O) groups excluding carboxylic acids is 3. The van der Waals surface area contributed by atoms with E-state index < -0.39 is 12.1 Å². The summed E-state index contributed by atoms with van der Waals surface area (Å²) in [7, 11) is 0. The number of amides is 3. The first-order chi connectivity index (χ1) is 14.6. The fourth-order valence-electron chi connectivity index (χ4n) is 3.62. The number of hydrogen-bond donors (Lipinski definition) is 1. The number of nitrogens with zero attached hydrogens (tertiary/aromatic N) is 2. The molecule has 172 valence electrons. The van der Waals surface area contributed by atoms with Crippen LogP contribution in [0, 0.1) is 17.7 Å². The molecule has 8 heteroatoms. The van der Waals surface area contributed by atoms with Crippen LogP contribution in [0.2, 0.25) is 0 Å². The van der Waals surface area contributed by atoms with Gasteiger partial charge in [0, 0.05) is 32.1 Å². The highest BCUT2D eigenvalue weighted by Crippen LogP contribution is 2.16. The van der Waals surface area contributed by atoms with Crippen molar-refractivity contribution >= 4 is 17.7 Å². The van der Waals surface area contributed by atoms with Crippen molar-refractivity contribution in [1.29, 1.82) is 0 Å². The van der Waals surface area contributed by atoms with Crippen molar-refractivity contribution in [1.82, 2.24) is 15.1 Å². The van der Waals surface area contributed by atoms with Crippen LogP contribution in [0.3, 0.4) is 0 Å². The monoisotopic (exact) mass is 435 g/mol. The van der Waals surface area contributed by atoms with E-state index in [9.17, 15) is 18.8 Å². The minimum atomic E-state index is -0.728. The van der Waals surface area contributed by atoms with E-state index >= 15 is 0 Å². The third-order valence-corrected chi connectivity index (χ3v) is 5.15. The van der Waals surface area contributed by atoms with Crippen LogP contribution in [0.25, 0.3) is 0 Å². The van der Waals surface area contributed by atoms with Crippen molar-refractivity contribution in [2.45, 2.75) is 53.4 Å². The van der Waals surface area contributed by atoms with E-state index in [2.05, 4.69) is 5.32 Å². The van der Waals surface area contributed by atoms with Gasteiger partial charge in [0.15, 0.2) is 0 Å². The maximum Gasteiger partial charge on any atom is 0.245 e. The SMILES string of the molecule is CC(=O)NC(C(=O)N1CC(=O)N(CC(C)C)CC(OCc2ccccc2F)C1)C(C)C. The molecule has 1 aromatic carbocycles. The fourth-order valence-corrected chi connectivity index (χ4v) is 3.62. The molecule has 1 N–H and O–H groups in total. The van der Waals surface area contributed by atoms with Crippen molar-refractivity contribution in [3.05, 3.63) is 35.6 Å². The minimum Gasteiger partial charge on any atom is -0.370 e. The highest BCUT2D eigenvalue weighted by atomic mass is 19.1. The summed E-state index contributed by atoms with van der Waals surface area (Å²) in [6.45, 7) is 10.1. The van der Waals surface area contributed by atoms with Gasteiger partial charge in [0.1, 0.15) is 11.9 Å². The molecular weight excluding hydrogens is 401 g/mol. The van der Waals surface area contributed by atoms with E-state index in [1.165, 1.54) is 17.9 Å². The third-order valence-electron chi connectivity index (χ3n) is 5.15. The molecule has 1 aliphatic heterocycles. The minimum absolute atomic E-state index is 0.0440. The Morgan fingerprint density at radius 3 is 2.45 bits per heavy atom. The molecule has 2 atom stereocenters. The van der Waals surface area contributed by atoms with E-state index in [-0.39, 0.29) is 55.1 Å². The van der Waals surface area contributed by atoms with Gasteiger partial charge in [-0.25, -0.2) is 4.39 Å². The lowest BCUT2D eigenvalue weighted by Crippen LogP contribution is -2.53. The van der Waals surface area contributed by atoms with Crippen LogP contribution in [0.1, 0.15) is 40.2 Å². The molecule has 0 radical (unpaired) electrons. The van der Waals surface area contributed by atoms with Crippen LogP contribution >= 0.6 is 0 Å². The fraction of sp³-hybridized carbons (Fsp3) is 0.609. The molecule has 7 nitrogen and oxygen atoms in total. The molecule has 1 aliphatic rings. The lowest BCUT2D eigenvalue weighted by atomic mass is 10.0. The number of halogens is 1. The lowest BCUT2D eigenvalue weighted by Gasteiger charge is -2.29. The van der Waals surface area contributed by atoms with E-state index in [0.717, 1.165) is 0 Å². The van der Waals surface area contributed by atoms with Crippen LogP contribution in [0.4, 0.5) is 4.39 Å². The van der Waals surface area contributed by atoms with Gasteiger partial charge in [-0.1, -0.05) is 45.9 Å². The highest BCUT2D eigenvalue weighted by molar-refractivity contribution is 5.90. The molecule has 0 bridgehead atoms. The number of benzene rings is 1. The van der Waals surface area contributed by atoms with Crippen LogP contribution in [-0.4, -0.2) is 65.8 Å². The zero-order valence-corrected chi connectivity index (χ0v) is 19.1. The van der Waals surface area contributed by atoms with Crippen molar-refractivity contribution in [2.24, 2.45) is 11.8 Å². The van der Waals surface area contributed by atoms with E-state index in [1.807, 2.05) is 27.7 Å². The van der Waals surface area contributed by atoms with Crippen molar-refractivity contribution in [2.75, 3.05) is 26.2 Å². The topological polar surface area (TPSA) is 79.0 Å². The third kappa shape index (κ3) is 7.31. The summed E-state index contributed by atoms with van der Waals surface area (Å²) in [4.78, 5) is 40.8. The van der Waals surface area contributed by atoms with Crippen molar-refractivity contribution in [3.63, 3.8) is 0 Å². The van der Waals surface area contributed by atoms with E-state index in [4.69, 9.17) is 4.74 Å². The van der Waals surface area contributed by atoms with Gasteiger partial charge in [-0.15, -0.1) is 0 Å². The normalized spacial score (nSPS) is 18.3. The smallest absolute Gasteiger partial charge is 0.245 e. The van der Waals surface area contributed by atoms with Gasteiger partial charge in [-0.3, -0.25) is 14.4 Å². The number of rotatable bonds is 8. The molecule has 3 amide bonds. The Balaban J connectivity index is 2.22. The molecule has 0 saturated carbocycles. The van der Waals surface area contributed by atoms with Gasteiger partial charge in [0.05, 0.1) is 19.3 Å². The van der Waals surface area contributed by atoms with Crippen molar-refractivity contribution < 1.29 is 23.5 Å². The molecule has 0 aliphatic carbocycles. The Bertz CT molecular complexity index is 784. The first-order valence-electron chi connectivity index (χ1n) is 10.8. The summed E-state index contributed by atoms with van der Waals surface area (Å²) in [5.41, 5.74) is 0.421. The van der Waals surface area contributed by atoms with E-state index in [0.29, 0.717) is 18.7 Å². The predicted octanol–water partition coefficient (Wildman–Crippen LogP) is 2.20. The molecule has 1 fully saturated rings. The summed E-state index contributed by atoms with van der Waals surface area (Å²) >= 11 is 0. The zero-order valence-electron chi connectivity index (χ0n) is 19.1. The predicted molar refractivity (Wildman–Crippen MR) is 115 cm³/mol. The van der Waals surface area contributed by atoms with Crippen molar-refractivity contribution in [3.8, 4) is 0 Å². The summed E-state index contributed by atoms with van der Waals surface area (Å²) < 4.78 is 20.0. The molecule has 0 spiro atoms. The lowest BCUT2D eigenvalue weighted by molar-refractivity contribution is -0.142. The van der Waals surface area contributed by atoms with E-state index in [1.54, 1.807) is 23.1 Å². The van der Waals surface area contributed by atoms with Gasteiger partial charge in [-0.05, 0) is 17.9 Å². The second kappa shape index (κ2) is 11.2. The van der Waals surface area contributed by atoms with Crippen LogP contribution in [0.5, 0.6) is 0 Å². The number of carbonyl (C=O) groups is 3. The molecule has 0 aromatic heterocycles. The van der Waals surface area contributed by atoms with Gasteiger partial charge < -0.3 is 19.9 Å². The molecule has 2 rings (SSSR count). The Kier molecular flexibility index (Phi) is 8.98. The van der Waals surface area contributed by atoms with Crippen LogP contribution in [0.15, 0.2) is 24.3 Å². The Hall–Kier alpha value is -2.48. The Labute approximate surface area is 183 Å². The second-order valence-corrected chi connectivity index (χ2v) is 8.86. The summed E-state index contributed by atoms with van der Waals surface area (Å²) in [5.74, 6) is -1.03.